The molecule has 0 radical (unpaired) electrons. The van der Waals surface area contributed by atoms with E-state index < -0.39 is 9.21 Å². The van der Waals surface area contributed by atoms with E-state index >= 15 is 0 Å². The maximum Gasteiger partial charge on any atom is 0.0520 e. The molecule has 1 aliphatic heterocycles. The van der Waals surface area contributed by atoms with E-state index in [1.54, 1.807) is 0 Å². The van der Waals surface area contributed by atoms with Gasteiger partial charge in [0.2, 0.25) is 0 Å². The third kappa shape index (κ3) is 7.67. The van der Waals surface area contributed by atoms with E-state index in [4.69, 9.17) is 4.99 Å². The summed E-state index contributed by atoms with van der Waals surface area (Å²) in [5.74, 6) is 10.8. The molecule has 0 fully saturated rings. The summed E-state index contributed by atoms with van der Waals surface area (Å²) in [5.41, 5.74) is 10.3. The van der Waals surface area contributed by atoms with Crippen LogP contribution < -0.4 is 0 Å². The zero-order valence-corrected chi connectivity index (χ0v) is 21.7. The molecular weight excluding hydrogens is 406 g/mol. The van der Waals surface area contributed by atoms with Crippen molar-refractivity contribution in [3.8, 4) is 0 Å². The van der Waals surface area contributed by atoms with Crippen molar-refractivity contribution >= 4 is 26.7 Å². The van der Waals surface area contributed by atoms with Gasteiger partial charge >= 0.3 is 0 Å². The molecule has 1 heterocycles. The van der Waals surface area contributed by atoms with E-state index in [1.807, 2.05) is 13.8 Å². The predicted molar refractivity (Wildman–Crippen MR) is 151 cm³/mol. The van der Waals surface area contributed by atoms with Crippen LogP contribution in [0.3, 0.4) is 0 Å². The summed E-state index contributed by atoms with van der Waals surface area (Å²) in [6, 6.07) is 17.3. The molecule has 0 aliphatic carbocycles. The molecule has 172 valence electrons. The SMILES string of the molecule is C=C(CCCc1ccccc1C)CS(=C)(=C)CC1=C(C)CC(c2ccc(C)cc2)=N1.CC. The van der Waals surface area contributed by atoms with Crippen molar-refractivity contribution in [2.45, 2.75) is 60.3 Å². The average molecular weight is 448 g/mol. The fourth-order valence-electron chi connectivity index (χ4n) is 3.98. The van der Waals surface area contributed by atoms with Crippen molar-refractivity contribution in [1.82, 2.24) is 0 Å². The van der Waals surface area contributed by atoms with Gasteiger partial charge in [0.1, 0.15) is 0 Å². The van der Waals surface area contributed by atoms with Crippen LogP contribution in [-0.2, 0) is 6.42 Å². The Hall–Kier alpha value is -2.32. The zero-order valence-electron chi connectivity index (χ0n) is 20.8. The van der Waals surface area contributed by atoms with Crippen LogP contribution >= 0.6 is 9.21 Å². The number of nitrogens with zero attached hydrogens (tertiary/aromatic N) is 1. The van der Waals surface area contributed by atoms with Gasteiger partial charge in [-0.25, -0.2) is 9.21 Å². The molecule has 2 heteroatoms. The smallest absolute Gasteiger partial charge is 0.0520 e. The van der Waals surface area contributed by atoms with Gasteiger partial charge in [-0.05, 0) is 62.3 Å². The molecular formula is C30H41NS. The van der Waals surface area contributed by atoms with E-state index in [1.165, 1.54) is 44.8 Å². The fourth-order valence-corrected chi connectivity index (χ4v) is 5.99. The van der Waals surface area contributed by atoms with E-state index in [9.17, 15) is 0 Å². The maximum atomic E-state index is 4.98. The quantitative estimate of drug-likeness (QED) is 0.272. The largest absolute Gasteiger partial charge is 0.256 e. The van der Waals surface area contributed by atoms with Gasteiger partial charge in [0, 0.05) is 23.6 Å². The van der Waals surface area contributed by atoms with Crippen molar-refractivity contribution in [3.63, 3.8) is 0 Å². The summed E-state index contributed by atoms with van der Waals surface area (Å²) in [6.45, 7) is 14.9. The van der Waals surface area contributed by atoms with Gasteiger partial charge in [-0.3, -0.25) is 4.99 Å². The lowest BCUT2D eigenvalue weighted by Crippen LogP contribution is -2.00. The normalized spacial score (nSPS) is 13.5. The molecule has 0 spiro atoms. The van der Waals surface area contributed by atoms with E-state index in [-0.39, 0.29) is 0 Å². The molecule has 0 atom stereocenters. The number of aliphatic imine (C=N–C) groups is 1. The Balaban J connectivity index is 0.00000176. The molecule has 2 aromatic rings. The Morgan fingerprint density at radius 3 is 2.28 bits per heavy atom. The van der Waals surface area contributed by atoms with Crippen molar-refractivity contribution in [3.05, 3.63) is 94.2 Å². The number of benzene rings is 2. The number of hydrogen-bond donors (Lipinski definition) is 0. The minimum Gasteiger partial charge on any atom is -0.256 e. The summed E-state index contributed by atoms with van der Waals surface area (Å²) >= 11 is 0. The molecule has 0 saturated carbocycles. The summed E-state index contributed by atoms with van der Waals surface area (Å²) in [6.07, 6.45) is 4.22. The van der Waals surface area contributed by atoms with Gasteiger partial charge in [0.15, 0.2) is 0 Å². The minimum absolute atomic E-state index is 0.880. The molecule has 0 amide bonds. The third-order valence-electron chi connectivity index (χ3n) is 5.77. The van der Waals surface area contributed by atoms with Gasteiger partial charge in [0.25, 0.3) is 0 Å². The van der Waals surface area contributed by atoms with E-state index in [2.05, 4.69) is 87.6 Å². The second-order valence-electron chi connectivity index (χ2n) is 8.87. The molecule has 0 bridgehead atoms. The Kier molecular flexibility index (Phi) is 9.78. The van der Waals surface area contributed by atoms with Crippen LogP contribution in [0.1, 0.15) is 62.3 Å². The lowest BCUT2D eigenvalue weighted by Gasteiger charge is -2.17. The molecule has 0 saturated heterocycles. The number of allylic oxidation sites excluding steroid dienone is 1. The topological polar surface area (TPSA) is 12.4 Å². The Morgan fingerprint density at radius 2 is 1.62 bits per heavy atom. The zero-order chi connectivity index (χ0) is 23.7. The van der Waals surface area contributed by atoms with Crippen LogP contribution in [0.4, 0.5) is 0 Å². The van der Waals surface area contributed by atoms with Crippen molar-refractivity contribution in [2.24, 2.45) is 4.99 Å². The summed E-state index contributed by atoms with van der Waals surface area (Å²) < 4.78 is 0. The molecule has 1 nitrogen and oxygen atoms in total. The lowest BCUT2D eigenvalue weighted by atomic mass is 10.0. The van der Waals surface area contributed by atoms with Crippen molar-refractivity contribution in [1.29, 1.82) is 0 Å². The van der Waals surface area contributed by atoms with Crippen molar-refractivity contribution < 1.29 is 0 Å². The van der Waals surface area contributed by atoms with E-state index in [0.717, 1.165) is 37.2 Å². The first kappa shape index (κ1) is 25.9. The van der Waals surface area contributed by atoms with Crippen LogP contribution in [0.2, 0.25) is 0 Å². The van der Waals surface area contributed by atoms with Gasteiger partial charge in [-0.1, -0.05) is 91.8 Å². The highest BCUT2D eigenvalue weighted by Crippen LogP contribution is 2.33. The van der Waals surface area contributed by atoms with Gasteiger partial charge in [-0.2, -0.15) is 0 Å². The standard InChI is InChI=1S/C28H35NS.C2H6/c1-21-14-16-26(17-15-21)27-18-24(4)28(29-27)20-30(5,6)19-22(2)10-9-13-25-12-8-7-11-23(25)3;1-2/h7-8,11-12,14-17H,2,5-6,9-10,13,18-20H2,1,3-4H3;1-2H3. The molecule has 0 N–H and O–H groups in total. The molecule has 0 unspecified atom stereocenters. The number of hydrogen-bond acceptors (Lipinski definition) is 1. The first-order chi connectivity index (χ1) is 15.2. The number of rotatable bonds is 9. The lowest BCUT2D eigenvalue weighted by molar-refractivity contribution is 0.811. The average Bonchev–Trinajstić information content (AvgIpc) is 3.10. The number of aryl methyl sites for hydroxylation is 3. The summed E-state index contributed by atoms with van der Waals surface area (Å²) in [4.78, 5) is 4.98. The molecule has 3 rings (SSSR count). The van der Waals surface area contributed by atoms with Crippen LogP contribution in [0.15, 0.2) is 76.9 Å². The van der Waals surface area contributed by atoms with Gasteiger partial charge in [-0.15, -0.1) is 0 Å². The Bertz CT molecular complexity index is 1080. The highest BCUT2D eigenvalue weighted by molar-refractivity contribution is 8.28. The van der Waals surface area contributed by atoms with Crippen LogP contribution in [0.5, 0.6) is 0 Å². The van der Waals surface area contributed by atoms with E-state index in [0.29, 0.717) is 0 Å². The van der Waals surface area contributed by atoms with Crippen molar-refractivity contribution in [2.75, 3.05) is 11.5 Å². The Morgan fingerprint density at radius 1 is 0.969 bits per heavy atom. The minimum atomic E-state index is -1.28. The van der Waals surface area contributed by atoms with Crippen LogP contribution in [0, 0.1) is 13.8 Å². The van der Waals surface area contributed by atoms with Gasteiger partial charge in [0.05, 0.1) is 5.71 Å². The predicted octanol–water partition coefficient (Wildman–Crippen LogP) is 8.04. The molecule has 0 aromatic heterocycles. The molecule has 32 heavy (non-hydrogen) atoms. The monoisotopic (exact) mass is 447 g/mol. The molecule has 1 aliphatic rings. The second-order valence-corrected chi connectivity index (χ2v) is 11.9. The second kappa shape index (κ2) is 12.1. The summed E-state index contributed by atoms with van der Waals surface area (Å²) in [5, 5.41) is 0. The third-order valence-corrected chi connectivity index (χ3v) is 7.68. The Labute approximate surface area is 197 Å². The summed E-state index contributed by atoms with van der Waals surface area (Å²) in [7, 11) is -1.28. The fraction of sp³-hybridized carbons (Fsp3) is 0.367. The van der Waals surface area contributed by atoms with Crippen LogP contribution in [0.25, 0.3) is 0 Å². The first-order valence-electron chi connectivity index (χ1n) is 11.7. The maximum absolute atomic E-state index is 4.98. The highest BCUT2D eigenvalue weighted by atomic mass is 32.2. The highest BCUT2D eigenvalue weighted by Gasteiger charge is 2.17. The first-order valence-corrected chi connectivity index (χ1v) is 14.0. The van der Waals surface area contributed by atoms with Gasteiger partial charge < -0.3 is 0 Å². The van der Waals surface area contributed by atoms with Crippen LogP contribution in [-0.4, -0.2) is 29.0 Å². The molecule has 2 aromatic carbocycles.